The summed E-state index contributed by atoms with van der Waals surface area (Å²) in [5.41, 5.74) is 1.38. The van der Waals surface area contributed by atoms with Gasteiger partial charge < -0.3 is 10.4 Å². The fourth-order valence-corrected chi connectivity index (χ4v) is 1.87. The van der Waals surface area contributed by atoms with Crippen molar-refractivity contribution in [1.29, 1.82) is 0 Å². The molecule has 0 rings (SSSR count). The molecule has 0 heterocycles. The third-order valence-corrected chi connectivity index (χ3v) is 2.65. The molecule has 0 saturated heterocycles. The van der Waals surface area contributed by atoms with Crippen LogP contribution in [0.4, 0.5) is 0 Å². The smallest absolute Gasteiger partial charge is 0.0584 e. The lowest BCUT2D eigenvalue weighted by molar-refractivity contribution is 0.213. The molecule has 0 radical (unpaired) electrons. The summed E-state index contributed by atoms with van der Waals surface area (Å²) in [5.74, 6) is 0.634. The van der Waals surface area contributed by atoms with Crippen molar-refractivity contribution in [2.24, 2.45) is 5.92 Å². The molecular formula is C14H29NO. The minimum absolute atomic E-state index is 0.241. The molecule has 96 valence electrons. The van der Waals surface area contributed by atoms with Gasteiger partial charge in [0.15, 0.2) is 0 Å². The molecule has 0 bridgehead atoms. The highest BCUT2D eigenvalue weighted by atomic mass is 16.3. The van der Waals surface area contributed by atoms with Crippen LogP contribution in [0.25, 0.3) is 0 Å². The topological polar surface area (TPSA) is 32.3 Å². The van der Waals surface area contributed by atoms with Crippen LogP contribution in [0, 0.1) is 5.92 Å². The predicted octanol–water partition coefficient (Wildman–Crippen LogP) is 3.12. The first-order valence-electron chi connectivity index (χ1n) is 6.46. The van der Waals surface area contributed by atoms with E-state index in [0.717, 1.165) is 19.3 Å². The van der Waals surface area contributed by atoms with E-state index in [0.29, 0.717) is 12.0 Å². The average molecular weight is 227 g/mol. The second-order valence-corrected chi connectivity index (χ2v) is 5.44. The molecule has 0 aromatic heterocycles. The molecule has 16 heavy (non-hydrogen) atoms. The van der Waals surface area contributed by atoms with Gasteiger partial charge in [-0.15, -0.1) is 0 Å². The third kappa shape index (κ3) is 8.93. The Morgan fingerprint density at radius 3 is 2.31 bits per heavy atom. The van der Waals surface area contributed by atoms with Gasteiger partial charge in [0.1, 0.15) is 0 Å². The summed E-state index contributed by atoms with van der Waals surface area (Å²) in [7, 11) is 0. The number of aliphatic hydroxyl groups excluding tert-OH is 1. The second kappa shape index (κ2) is 8.77. The quantitative estimate of drug-likeness (QED) is 0.624. The van der Waals surface area contributed by atoms with Gasteiger partial charge in [-0.25, -0.2) is 0 Å². The van der Waals surface area contributed by atoms with E-state index >= 15 is 0 Å². The van der Waals surface area contributed by atoms with Crippen LogP contribution < -0.4 is 5.32 Å². The minimum Gasteiger partial charge on any atom is -0.395 e. The van der Waals surface area contributed by atoms with Crippen molar-refractivity contribution in [2.45, 2.75) is 66.0 Å². The molecule has 0 saturated carbocycles. The SMILES string of the molecule is CC(C)=CCCC(C)NC(CO)CC(C)C. The summed E-state index contributed by atoms with van der Waals surface area (Å²) in [5, 5.41) is 12.8. The maximum Gasteiger partial charge on any atom is 0.0584 e. The average Bonchev–Trinajstić information content (AvgIpc) is 2.15. The Morgan fingerprint density at radius 1 is 1.25 bits per heavy atom. The summed E-state index contributed by atoms with van der Waals surface area (Å²) in [6, 6.07) is 0.730. The number of rotatable bonds is 8. The van der Waals surface area contributed by atoms with Gasteiger partial charge >= 0.3 is 0 Å². The van der Waals surface area contributed by atoms with Gasteiger partial charge in [-0.2, -0.15) is 0 Å². The first kappa shape index (κ1) is 15.7. The Bertz CT molecular complexity index is 195. The van der Waals surface area contributed by atoms with Crippen LogP contribution in [0.15, 0.2) is 11.6 Å². The highest BCUT2D eigenvalue weighted by molar-refractivity contribution is 4.93. The summed E-state index contributed by atoms with van der Waals surface area (Å²) < 4.78 is 0. The highest BCUT2D eigenvalue weighted by Gasteiger charge is 2.12. The number of aliphatic hydroxyl groups is 1. The monoisotopic (exact) mass is 227 g/mol. The van der Waals surface area contributed by atoms with Crippen molar-refractivity contribution in [3.8, 4) is 0 Å². The van der Waals surface area contributed by atoms with Gasteiger partial charge in [-0.1, -0.05) is 25.5 Å². The molecule has 2 atom stereocenters. The number of hydrogen-bond donors (Lipinski definition) is 2. The molecule has 0 aliphatic carbocycles. The molecule has 0 aliphatic heterocycles. The minimum atomic E-state index is 0.241. The van der Waals surface area contributed by atoms with E-state index in [1.54, 1.807) is 0 Å². The van der Waals surface area contributed by atoms with Crippen LogP contribution in [0.3, 0.4) is 0 Å². The van der Waals surface area contributed by atoms with Crippen molar-refractivity contribution < 1.29 is 5.11 Å². The molecule has 2 N–H and O–H groups in total. The standard InChI is InChI=1S/C14H29NO/c1-11(2)7-6-8-13(5)15-14(10-16)9-12(3)4/h7,12-16H,6,8-10H2,1-5H3. The van der Waals surface area contributed by atoms with Crippen LogP contribution in [0.2, 0.25) is 0 Å². The van der Waals surface area contributed by atoms with Gasteiger partial charge in [0.25, 0.3) is 0 Å². The fourth-order valence-electron chi connectivity index (χ4n) is 1.87. The Kier molecular flexibility index (Phi) is 8.58. The number of nitrogens with one attached hydrogen (secondary N) is 1. The van der Waals surface area contributed by atoms with Gasteiger partial charge in [-0.05, 0) is 46.0 Å². The van der Waals surface area contributed by atoms with Gasteiger partial charge in [0.05, 0.1) is 6.61 Å². The molecule has 0 aromatic carbocycles. The lowest BCUT2D eigenvalue weighted by atomic mass is 10.0. The third-order valence-electron chi connectivity index (χ3n) is 2.65. The van der Waals surface area contributed by atoms with Crippen LogP contribution >= 0.6 is 0 Å². The molecule has 0 fully saturated rings. The van der Waals surface area contributed by atoms with Crippen LogP contribution in [-0.2, 0) is 0 Å². The van der Waals surface area contributed by atoms with E-state index in [2.05, 4.69) is 46.0 Å². The van der Waals surface area contributed by atoms with Crippen molar-refractivity contribution in [1.82, 2.24) is 5.32 Å². The second-order valence-electron chi connectivity index (χ2n) is 5.44. The maximum absolute atomic E-state index is 9.26. The van der Waals surface area contributed by atoms with Crippen molar-refractivity contribution in [2.75, 3.05) is 6.61 Å². The first-order valence-corrected chi connectivity index (χ1v) is 6.46. The number of allylic oxidation sites excluding steroid dienone is 2. The molecule has 0 aromatic rings. The normalized spacial score (nSPS) is 14.9. The number of hydrogen-bond acceptors (Lipinski definition) is 2. The lowest BCUT2D eigenvalue weighted by Crippen LogP contribution is -2.39. The van der Waals surface area contributed by atoms with Crippen molar-refractivity contribution >= 4 is 0 Å². The molecule has 2 unspecified atom stereocenters. The zero-order valence-electron chi connectivity index (χ0n) is 11.6. The van der Waals surface area contributed by atoms with Crippen molar-refractivity contribution in [3.05, 3.63) is 11.6 Å². The molecule has 0 aliphatic rings. The first-order chi connectivity index (χ1) is 7.45. The summed E-state index contributed by atoms with van der Waals surface area (Å²) in [6.45, 7) is 11.1. The lowest BCUT2D eigenvalue weighted by Gasteiger charge is -2.22. The van der Waals surface area contributed by atoms with Crippen molar-refractivity contribution in [3.63, 3.8) is 0 Å². The highest BCUT2D eigenvalue weighted by Crippen LogP contribution is 2.07. The Labute approximate surface area is 101 Å². The molecule has 2 heteroatoms. The van der Waals surface area contributed by atoms with Gasteiger partial charge in [0, 0.05) is 12.1 Å². The summed E-state index contributed by atoms with van der Waals surface area (Å²) in [6.07, 6.45) is 5.58. The maximum atomic E-state index is 9.26. The zero-order chi connectivity index (χ0) is 12.6. The summed E-state index contributed by atoms with van der Waals surface area (Å²) >= 11 is 0. The molecule has 2 nitrogen and oxygen atoms in total. The Balaban J connectivity index is 3.82. The van der Waals surface area contributed by atoms with E-state index < -0.39 is 0 Å². The summed E-state index contributed by atoms with van der Waals surface area (Å²) in [4.78, 5) is 0. The van der Waals surface area contributed by atoms with Crippen LogP contribution in [-0.4, -0.2) is 23.8 Å². The molecular weight excluding hydrogens is 198 g/mol. The Morgan fingerprint density at radius 2 is 1.88 bits per heavy atom. The van der Waals surface area contributed by atoms with Gasteiger partial charge in [-0.3, -0.25) is 0 Å². The largest absolute Gasteiger partial charge is 0.395 e. The van der Waals surface area contributed by atoms with E-state index in [-0.39, 0.29) is 12.6 Å². The van der Waals surface area contributed by atoms with Gasteiger partial charge in [0.2, 0.25) is 0 Å². The van der Waals surface area contributed by atoms with E-state index in [4.69, 9.17) is 0 Å². The van der Waals surface area contributed by atoms with E-state index in [1.165, 1.54) is 5.57 Å². The predicted molar refractivity (Wildman–Crippen MR) is 71.6 cm³/mol. The van der Waals surface area contributed by atoms with E-state index in [1.807, 2.05) is 0 Å². The molecule has 0 spiro atoms. The van der Waals surface area contributed by atoms with E-state index in [9.17, 15) is 5.11 Å². The Hall–Kier alpha value is -0.340. The zero-order valence-corrected chi connectivity index (χ0v) is 11.6. The molecule has 0 amide bonds. The fraction of sp³-hybridized carbons (Fsp3) is 0.857. The van der Waals surface area contributed by atoms with Crippen LogP contribution in [0.5, 0.6) is 0 Å². The van der Waals surface area contributed by atoms with Crippen LogP contribution in [0.1, 0.15) is 53.9 Å².